The van der Waals surface area contributed by atoms with E-state index in [2.05, 4.69) is 25.3 Å². The van der Waals surface area contributed by atoms with E-state index in [1.54, 1.807) is 19.1 Å². The summed E-state index contributed by atoms with van der Waals surface area (Å²) in [6, 6.07) is 8.17. The van der Waals surface area contributed by atoms with Crippen LogP contribution in [0, 0.1) is 5.92 Å². The highest BCUT2D eigenvalue weighted by Crippen LogP contribution is 2.35. The van der Waals surface area contributed by atoms with E-state index in [4.69, 9.17) is 16.6 Å². The van der Waals surface area contributed by atoms with Gasteiger partial charge in [0, 0.05) is 36.9 Å². The smallest absolute Gasteiger partial charge is 0.343 e. The predicted octanol–water partition coefficient (Wildman–Crippen LogP) is 6.43. The molecule has 0 radical (unpaired) electrons. The number of halogens is 4. The molecule has 194 valence electrons. The molecule has 1 aromatic heterocycles. The molecular weight excluding hydrogens is 511 g/mol. The van der Waals surface area contributed by atoms with Gasteiger partial charge in [0.05, 0.1) is 37.3 Å². The molecule has 2 aromatic carbocycles. The molecule has 0 saturated carbocycles. The van der Waals surface area contributed by atoms with E-state index in [9.17, 15) is 22.2 Å². The molecule has 1 fully saturated rings. The molecule has 1 amide bonds. The van der Waals surface area contributed by atoms with Crippen LogP contribution in [0.3, 0.4) is 0 Å². The molecule has 0 N–H and O–H groups in total. The SMILES string of the molecule is CC(=O)N1CCC(Cn2c(C(C)(C)C)nc3cc(S(=O)c4ccc(C(F)(F)F)cc4Cl)ccc32)CC1. The zero-order valence-corrected chi connectivity index (χ0v) is 22.2. The van der Waals surface area contributed by atoms with Gasteiger partial charge in [-0.05, 0) is 55.2 Å². The maximum atomic E-state index is 13.2. The Bertz CT molecular complexity index is 1320. The third-order valence-electron chi connectivity index (χ3n) is 6.56. The van der Waals surface area contributed by atoms with Gasteiger partial charge >= 0.3 is 6.18 Å². The third kappa shape index (κ3) is 5.47. The number of alkyl halides is 3. The average molecular weight is 540 g/mol. The topological polar surface area (TPSA) is 55.2 Å². The first-order valence-corrected chi connectivity index (χ1v) is 13.3. The Hall–Kier alpha value is -2.39. The van der Waals surface area contributed by atoms with Gasteiger partial charge in [0.2, 0.25) is 5.91 Å². The summed E-state index contributed by atoms with van der Waals surface area (Å²) < 4.78 is 54.4. The lowest BCUT2D eigenvalue weighted by Crippen LogP contribution is -2.38. The van der Waals surface area contributed by atoms with Crippen LogP contribution in [0.2, 0.25) is 5.02 Å². The molecule has 10 heteroatoms. The molecule has 5 nitrogen and oxygen atoms in total. The van der Waals surface area contributed by atoms with Crippen LogP contribution in [0.15, 0.2) is 46.2 Å². The van der Waals surface area contributed by atoms with Crippen LogP contribution in [0.25, 0.3) is 11.0 Å². The maximum absolute atomic E-state index is 13.2. The molecule has 4 rings (SSSR count). The summed E-state index contributed by atoms with van der Waals surface area (Å²) >= 11 is 6.09. The Balaban J connectivity index is 1.66. The fourth-order valence-corrected chi connectivity index (χ4v) is 6.11. The Labute approximate surface area is 216 Å². The number of aromatic nitrogens is 2. The minimum atomic E-state index is -4.53. The average Bonchev–Trinajstić information content (AvgIpc) is 3.16. The molecule has 0 spiro atoms. The number of likely N-dealkylation sites (tertiary alicyclic amines) is 1. The highest BCUT2D eigenvalue weighted by Gasteiger charge is 2.32. The van der Waals surface area contributed by atoms with Gasteiger partial charge in [0.15, 0.2) is 0 Å². The molecule has 1 atom stereocenters. The second kappa shape index (κ2) is 9.82. The number of carbonyl (C=O) groups is 1. The number of rotatable bonds is 4. The maximum Gasteiger partial charge on any atom is 0.416 e. The zero-order chi connectivity index (χ0) is 26.4. The molecular formula is C26H29ClF3N3O2S. The van der Waals surface area contributed by atoms with Gasteiger partial charge in [-0.15, -0.1) is 0 Å². The Morgan fingerprint density at radius 3 is 2.33 bits per heavy atom. The van der Waals surface area contributed by atoms with E-state index >= 15 is 0 Å². The summed E-state index contributed by atoms with van der Waals surface area (Å²) in [6.45, 7) is 10.1. The number of piperidine rings is 1. The largest absolute Gasteiger partial charge is 0.416 e. The number of benzene rings is 2. The van der Waals surface area contributed by atoms with Crippen molar-refractivity contribution in [2.24, 2.45) is 5.92 Å². The van der Waals surface area contributed by atoms with Crippen LogP contribution in [0.1, 0.15) is 51.9 Å². The lowest BCUT2D eigenvalue weighted by atomic mass is 9.93. The second-order valence-corrected chi connectivity index (χ2v) is 12.2. The zero-order valence-electron chi connectivity index (χ0n) is 20.7. The van der Waals surface area contributed by atoms with Gasteiger partial charge < -0.3 is 9.47 Å². The minimum absolute atomic E-state index is 0.102. The van der Waals surface area contributed by atoms with Crippen molar-refractivity contribution < 1.29 is 22.2 Å². The van der Waals surface area contributed by atoms with Crippen LogP contribution in [0.4, 0.5) is 13.2 Å². The van der Waals surface area contributed by atoms with E-state index in [1.807, 2.05) is 11.0 Å². The first kappa shape index (κ1) is 26.7. The van der Waals surface area contributed by atoms with Crippen molar-refractivity contribution in [1.29, 1.82) is 0 Å². The van der Waals surface area contributed by atoms with Gasteiger partial charge in [-0.3, -0.25) is 4.79 Å². The van der Waals surface area contributed by atoms with Crippen LogP contribution in [-0.4, -0.2) is 37.7 Å². The molecule has 2 heterocycles. The fraction of sp³-hybridized carbons (Fsp3) is 0.462. The Morgan fingerprint density at radius 2 is 1.78 bits per heavy atom. The Morgan fingerprint density at radius 1 is 1.11 bits per heavy atom. The second-order valence-electron chi connectivity index (χ2n) is 10.3. The minimum Gasteiger partial charge on any atom is -0.343 e. The van der Waals surface area contributed by atoms with Crippen molar-refractivity contribution >= 4 is 39.3 Å². The molecule has 36 heavy (non-hydrogen) atoms. The number of hydrogen-bond acceptors (Lipinski definition) is 3. The standard InChI is InChI=1S/C26H29ClF3N3O2S/c1-16(34)32-11-9-17(10-12-32)15-33-22-7-6-19(14-21(22)31-24(33)25(2,3)4)36(35)23-8-5-18(13-20(23)27)26(28,29)30/h5-8,13-14,17H,9-12,15H2,1-4H3. The number of nitrogens with zero attached hydrogens (tertiary/aromatic N) is 3. The van der Waals surface area contributed by atoms with Gasteiger partial charge in [-0.25, -0.2) is 9.19 Å². The molecule has 0 bridgehead atoms. The molecule has 1 unspecified atom stereocenters. The number of fused-ring (bicyclic) bond motifs is 1. The predicted molar refractivity (Wildman–Crippen MR) is 135 cm³/mol. The first-order valence-electron chi connectivity index (χ1n) is 11.8. The summed E-state index contributed by atoms with van der Waals surface area (Å²) in [4.78, 5) is 19.0. The highest BCUT2D eigenvalue weighted by atomic mass is 35.5. The van der Waals surface area contributed by atoms with Crippen molar-refractivity contribution in [3.8, 4) is 0 Å². The normalized spacial score (nSPS) is 16.5. The van der Waals surface area contributed by atoms with Gasteiger partial charge in [-0.1, -0.05) is 32.4 Å². The number of hydrogen-bond donors (Lipinski definition) is 0. The van der Waals surface area contributed by atoms with E-state index in [0.717, 1.165) is 62.0 Å². The highest BCUT2D eigenvalue weighted by molar-refractivity contribution is 7.85. The summed E-state index contributed by atoms with van der Waals surface area (Å²) in [5, 5.41) is -0.193. The summed E-state index contributed by atoms with van der Waals surface area (Å²) in [5.41, 5.74) is 0.462. The van der Waals surface area contributed by atoms with Crippen molar-refractivity contribution in [2.45, 2.75) is 68.5 Å². The third-order valence-corrected chi connectivity index (χ3v) is 8.43. The lowest BCUT2D eigenvalue weighted by Gasteiger charge is -2.32. The molecule has 1 saturated heterocycles. The van der Waals surface area contributed by atoms with Crippen LogP contribution in [-0.2, 0) is 33.7 Å². The molecule has 1 aliphatic heterocycles. The van der Waals surface area contributed by atoms with Gasteiger partial charge in [0.25, 0.3) is 0 Å². The van der Waals surface area contributed by atoms with Gasteiger partial charge in [0.1, 0.15) is 5.82 Å². The summed E-state index contributed by atoms with van der Waals surface area (Å²) in [6.07, 6.45) is -2.70. The van der Waals surface area contributed by atoms with E-state index in [-0.39, 0.29) is 21.2 Å². The summed E-state index contributed by atoms with van der Waals surface area (Å²) in [7, 11) is -1.77. The first-order chi connectivity index (χ1) is 16.8. The number of carbonyl (C=O) groups excluding carboxylic acids is 1. The lowest BCUT2D eigenvalue weighted by molar-refractivity contribution is -0.137. The van der Waals surface area contributed by atoms with E-state index in [0.29, 0.717) is 16.3 Å². The quantitative estimate of drug-likeness (QED) is 0.384. The van der Waals surface area contributed by atoms with Crippen LogP contribution < -0.4 is 0 Å². The van der Waals surface area contributed by atoms with E-state index < -0.39 is 22.5 Å². The van der Waals surface area contributed by atoms with Crippen molar-refractivity contribution in [3.05, 3.63) is 52.8 Å². The number of amides is 1. The number of imidazole rings is 1. The Kier molecular flexibility index (Phi) is 7.27. The molecule has 3 aromatic rings. The summed E-state index contributed by atoms with van der Waals surface area (Å²) in [5.74, 6) is 1.41. The molecule has 0 aliphatic carbocycles. The fourth-order valence-electron chi connectivity index (χ4n) is 4.63. The van der Waals surface area contributed by atoms with Crippen LogP contribution >= 0.6 is 11.6 Å². The van der Waals surface area contributed by atoms with Crippen molar-refractivity contribution in [2.75, 3.05) is 13.1 Å². The molecule has 1 aliphatic rings. The van der Waals surface area contributed by atoms with Crippen molar-refractivity contribution in [1.82, 2.24) is 14.5 Å². The van der Waals surface area contributed by atoms with Crippen molar-refractivity contribution in [3.63, 3.8) is 0 Å². The van der Waals surface area contributed by atoms with E-state index in [1.165, 1.54) is 0 Å². The van der Waals surface area contributed by atoms with Gasteiger partial charge in [-0.2, -0.15) is 13.2 Å². The monoisotopic (exact) mass is 539 g/mol. The van der Waals surface area contributed by atoms with Crippen LogP contribution in [0.5, 0.6) is 0 Å².